The summed E-state index contributed by atoms with van der Waals surface area (Å²) < 4.78 is 41.9. The van der Waals surface area contributed by atoms with Gasteiger partial charge >= 0.3 is 6.18 Å². The predicted molar refractivity (Wildman–Crippen MR) is 45.9 cm³/mol. The van der Waals surface area contributed by atoms with Crippen LogP contribution in [0, 0.1) is 0 Å². The zero-order valence-corrected chi connectivity index (χ0v) is 7.77. The first-order chi connectivity index (χ1) is 6.54. The molecule has 0 amide bonds. The Labute approximate surface area is 80.1 Å². The van der Waals surface area contributed by atoms with Gasteiger partial charge < -0.3 is 9.73 Å². The first-order valence-electron chi connectivity index (χ1n) is 4.35. The Balaban J connectivity index is 2.60. The molecule has 0 aromatic carbocycles. The number of halogens is 3. The molecule has 14 heavy (non-hydrogen) atoms. The molecule has 1 N–H and O–H groups in total. The van der Waals surface area contributed by atoms with Gasteiger partial charge in [-0.05, 0) is 24.6 Å². The monoisotopic (exact) mass is 207 g/mol. The van der Waals surface area contributed by atoms with E-state index in [-0.39, 0.29) is 6.42 Å². The van der Waals surface area contributed by atoms with E-state index in [1.165, 1.54) is 18.6 Å². The van der Waals surface area contributed by atoms with Crippen LogP contribution in [0.1, 0.15) is 12.5 Å². The Morgan fingerprint density at radius 3 is 2.64 bits per heavy atom. The predicted octanol–water partition coefficient (Wildman–Crippen LogP) is 2.36. The fourth-order valence-corrected chi connectivity index (χ4v) is 1.19. The van der Waals surface area contributed by atoms with Gasteiger partial charge in [0.2, 0.25) is 0 Å². The van der Waals surface area contributed by atoms with Crippen LogP contribution in [0.4, 0.5) is 13.2 Å². The molecule has 0 fully saturated rings. The van der Waals surface area contributed by atoms with Crippen LogP contribution in [0.25, 0.3) is 0 Å². The maximum atomic E-state index is 12.4. The molecule has 0 bridgehead atoms. The van der Waals surface area contributed by atoms with Gasteiger partial charge in [0.1, 0.15) is 6.04 Å². The van der Waals surface area contributed by atoms with E-state index >= 15 is 0 Å². The molecule has 0 aliphatic carbocycles. The molecule has 0 saturated carbocycles. The summed E-state index contributed by atoms with van der Waals surface area (Å²) in [4.78, 5) is 0. The zero-order valence-electron chi connectivity index (χ0n) is 7.77. The molecule has 1 rings (SSSR count). The topological polar surface area (TPSA) is 25.2 Å². The number of nitrogens with one attached hydrogen (secondary N) is 1. The lowest BCUT2D eigenvalue weighted by Crippen LogP contribution is -2.43. The molecule has 80 valence electrons. The lowest BCUT2D eigenvalue weighted by molar-refractivity contribution is -0.155. The van der Waals surface area contributed by atoms with E-state index in [0.717, 1.165) is 0 Å². The highest BCUT2D eigenvalue weighted by atomic mass is 19.4. The van der Waals surface area contributed by atoms with Crippen molar-refractivity contribution < 1.29 is 17.6 Å². The Hall–Kier alpha value is -0.970. The van der Waals surface area contributed by atoms with Crippen molar-refractivity contribution in [3.05, 3.63) is 24.2 Å². The van der Waals surface area contributed by atoms with Crippen molar-refractivity contribution in [2.45, 2.75) is 25.6 Å². The van der Waals surface area contributed by atoms with Crippen LogP contribution in [0.15, 0.2) is 23.0 Å². The van der Waals surface area contributed by atoms with Crippen LogP contribution in [0.2, 0.25) is 0 Å². The standard InChI is InChI=1S/C9H12F3NO/c1-2-13-8(9(10,11)12)5-7-3-4-14-6-7/h3-4,6,8,13H,2,5H2,1H3. The van der Waals surface area contributed by atoms with Crippen LogP contribution < -0.4 is 5.32 Å². The number of rotatable bonds is 4. The Bertz CT molecular complexity index is 256. The van der Waals surface area contributed by atoms with Crippen molar-refractivity contribution >= 4 is 0 Å². The van der Waals surface area contributed by atoms with E-state index in [1.54, 1.807) is 6.92 Å². The van der Waals surface area contributed by atoms with Gasteiger partial charge in [-0.25, -0.2) is 0 Å². The molecule has 0 saturated heterocycles. The summed E-state index contributed by atoms with van der Waals surface area (Å²) in [5, 5.41) is 2.39. The zero-order chi connectivity index (χ0) is 10.6. The second kappa shape index (κ2) is 4.50. The number of hydrogen-bond donors (Lipinski definition) is 1. The third kappa shape index (κ3) is 3.06. The summed E-state index contributed by atoms with van der Waals surface area (Å²) in [6.45, 7) is 1.94. The third-order valence-electron chi connectivity index (χ3n) is 1.87. The minimum Gasteiger partial charge on any atom is -0.472 e. The van der Waals surface area contributed by atoms with Crippen molar-refractivity contribution in [2.75, 3.05) is 6.54 Å². The number of furan rings is 1. The molecule has 0 aliphatic heterocycles. The van der Waals surface area contributed by atoms with Crippen LogP contribution in [-0.4, -0.2) is 18.8 Å². The highest BCUT2D eigenvalue weighted by molar-refractivity contribution is 5.08. The van der Waals surface area contributed by atoms with Gasteiger partial charge in [-0.1, -0.05) is 6.92 Å². The van der Waals surface area contributed by atoms with Crippen LogP contribution >= 0.6 is 0 Å². The lowest BCUT2D eigenvalue weighted by atomic mass is 10.1. The number of likely N-dealkylation sites (N-methyl/N-ethyl adjacent to an activating group) is 1. The Morgan fingerprint density at radius 2 is 2.21 bits per heavy atom. The first-order valence-corrected chi connectivity index (χ1v) is 4.35. The summed E-state index contributed by atoms with van der Waals surface area (Å²) in [5.41, 5.74) is 0.549. The van der Waals surface area contributed by atoms with E-state index in [0.29, 0.717) is 12.1 Å². The molecule has 1 aromatic heterocycles. The summed E-state index contributed by atoms with van der Waals surface area (Å²) in [7, 11) is 0. The normalized spacial score (nSPS) is 14.3. The highest BCUT2D eigenvalue weighted by Crippen LogP contribution is 2.23. The maximum Gasteiger partial charge on any atom is 0.404 e. The molecule has 2 nitrogen and oxygen atoms in total. The minimum absolute atomic E-state index is 0.0894. The van der Waals surface area contributed by atoms with Gasteiger partial charge in [0.15, 0.2) is 0 Å². The largest absolute Gasteiger partial charge is 0.472 e. The fourth-order valence-electron chi connectivity index (χ4n) is 1.19. The quantitative estimate of drug-likeness (QED) is 0.819. The second-order valence-corrected chi connectivity index (χ2v) is 2.99. The van der Waals surface area contributed by atoms with Crippen molar-refractivity contribution in [1.29, 1.82) is 0 Å². The van der Waals surface area contributed by atoms with E-state index in [1.807, 2.05) is 0 Å². The Morgan fingerprint density at radius 1 is 1.50 bits per heavy atom. The van der Waals surface area contributed by atoms with Crippen molar-refractivity contribution in [3.8, 4) is 0 Å². The van der Waals surface area contributed by atoms with Crippen molar-refractivity contribution in [2.24, 2.45) is 0 Å². The average Bonchev–Trinajstić information content (AvgIpc) is 2.54. The van der Waals surface area contributed by atoms with Gasteiger partial charge in [0.05, 0.1) is 12.5 Å². The van der Waals surface area contributed by atoms with Crippen molar-refractivity contribution in [1.82, 2.24) is 5.32 Å². The van der Waals surface area contributed by atoms with E-state index < -0.39 is 12.2 Å². The summed E-state index contributed by atoms with van der Waals surface area (Å²) >= 11 is 0. The van der Waals surface area contributed by atoms with E-state index in [2.05, 4.69) is 5.32 Å². The van der Waals surface area contributed by atoms with Gasteiger partial charge in [-0.2, -0.15) is 13.2 Å². The third-order valence-corrected chi connectivity index (χ3v) is 1.87. The van der Waals surface area contributed by atoms with Gasteiger partial charge in [0, 0.05) is 0 Å². The summed E-state index contributed by atoms with van der Waals surface area (Å²) in [6.07, 6.45) is -1.61. The first kappa shape index (κ1) is 11.1. The molecule has 0 aliphatic rings. The molecule has 5 heteroatoms. The second-order valence-electron chi connectivity index (χ2n) is 2.99. The summed E-state index contributed by atoms with van der Waals surface area (Å²) in [6, 6.07) is 0.0425. The molecule has 1 heterocycles. The number of alkyl halides is 3. The molecule has 1 aromatic rings. The summed E-state index contributed by atoms with van der Waals surface area (Å²) in [5.74, 6) is 0. The molecular formula is C9H12F3NO. The maximum absolute atomic E-state index is 12.4. The van der Waals surface area contributed by atoms with Gasteiger partial charge in [-0.3, -0.25) is 0 Å². The van der Waals surface area contributed by atoms with Gasteiger partial charge in [-0.15, -0.1) is 0 Å². The highest BCUT2D eigenvalue weighted by Gasteiger charge is 2.38. The van der Waals surface area contributed by atoms with Crippen molar-refractivity contribution in [3.63, 3.8) is 0 Å². The van der Waals surface area contributed by atoms with Crippen LogP contribution in [0.3, 0.4) is 0 Å². The molecule has 0 spiro atoms. The average molecular weight is 207 g/mol. The van der Waals surface area contributed by atoms with Gasteiger partial charge in [0.25, 0.3) is 0 Å². The minimum atomic E-state index is -4.22. The SMILES string of the molecule is CCNC(Cc1ccoc1)C(F)(F)F. The van der Waals surface area contributed by atoms with E-state index in [9.17, 15) is 13.2 Å². The number of hydrogen-bond acceptors (Lipinski definition) is 2. The fraction of sp³-hybridized carbons (Fsp3) is 0.556. The smallest absolute Gasteiger partial charge is 0.404 e. The molecular weight excluding hydrogens is 195 g/mol. The molecule has 0 radical (unpaired) electrons. The lowest BCUT2D eigenvalue weighted by Gasteiger charge is -2.20. The molecule has 1 unspecified atom stereocenters. The van der Waals surface area contributed by atoms with Crippen LogP contribution in [0.5, 0.6) is 0 Å². The van der Waals surface area contributed by atoms with E-state index in [4.69, 9.17) is 4.42 Å². The molecule has 1 atom stereocenters. The Kier molecular flexibility index (Phi) is 3.57. The van der Waals surface area contributed by atoms with Crippen LogP contribution in [-0.2, 0) is 6.42 Å².